The summed E-state index contributed by atoms with van der Waals surface area (Å²) in [6.07, 6.45) is 0. The first kappa shape index (κ1) is 15.5. The Morgan fingerprint density at radius 2 is 2.00 bits per heavy atom. The molecule has 104 valence electrons. The summed E-state index contributed by atoms with van der Waals surface area (Å²) in [5.41, 5.74) is 7.45. The Labute approximate surface area is 119 Å². The maximum atomic E-state index is 12.1. The van der Waals surface area contributed by atoms with Gasteiger partial charge in [0, 0.05) is 11.1 Å². The van der Waals surface area contributed by atoms with E-state index >= 15 is 0 Å². The van der Waals surface area contributed by atoms with Gasteiger partial charge < -0.3 is 5.73 Å². The topological polar surface area (TPSA) is 67.5 Å². The molecule has 1 aromatic carbocycles. The minimum absolute atomic E-state index is 0.0395. The van der Waals surface area contributed by atoms with Gasteiger partial charge in [-0.25, -0.2) is 0 Å². The van der Waals surface area contributed by atoms with E-state index < -0.39 is 0 Å². The van der Waals surface area contributed by atoms with Gasteiger partial charge >= 0.3 is 0 Å². The summed E-state index contributed by atoms with van der Waals surface area (Å²) >= 11 is 6.15. The Bertz CT molecular complexity index is 477. The Morgan fingerprint density at radius 1 is 1.37 bits per heavy atom. The SMILES string of the molecule is Cc1cccc(Cl)c1C(C)C(=O)NC(N)=NC(C)C. The monoisotopic (exact) mass is 281 g/mol. The van der Waals surface area contributed by atoms with Gasteiger partial charge in [-0.2, -0.15) is 0 Å². The van der Waals surface area contributed by atoms with Gasteiger partial charge in [0.1, 0.15) is 0 Å². The second-order valence-electron chi connectivity index (χ2n) is 4.79. The Balaban J connectivity index is 2.89. The van der Waals surface area contributed by atoms with Crippen LogP contribution in [0.4, 0.5) is 0 Å². The first-order valence-corrected chi connectivity index (χ1v) is 6.59. The highest BCUT2D eigenvalue weighted by Crippen LogP contribution is 2.27. The number of nitrogens with zero attached hydrogens (tertiary/aromatic N) is 1. The summed E-state index contributed by atoms with van der Waals surface area (Å²) in [5, 5.41) is 3.18. The highest BCUT2D eigenvalue weighted by Gasteiger charge is 2.20. The Morgan fingerprint density at radius 3 is 2.53 bits per heavy atom. The molecule has 0 heterocycles. The lowest BCUT2D eigenvalue weighted by Crippen LogP contribution is -2.39. The molecule has 0 bridgehead atoms. The van der Waals surface area contributed by atoms with Gasteiger partial charge in [-0.1, -0.05) is 23.7 Å². The molecular formula is C14H20ClN3O. The molecule has 19 heavy (non-hydrogen) atoms. The molecule has 0 aliphatic heterocycles. The highest BCUT2D eigenvalue weighted by molar-refractivity contribution is 6.31. The molecule has 0 spiro atoms. The summed E-state index contributed by atoms with van der Waals surface area (Å²) in [6, 6.07) is 5.61. The van der Waals surface area contributed by atoms with Crippen LogP contribution in [0.1, 0.15) is 37.8 Å². The molecule has 5 heteroatoms. The third-order valence-electron chi connectivity index (χ3n) is 2.75. The van der Waals surface area contributed by atoms with Crippen molar-refractivity contribution in [1.82, 2.24) is 5.32 Å². The number of halogens is 1. The van der Waals surface area contributed by atoms with E-state index in [0.717, 1.165) is 11.1 Å². The van der Waals surface area contributed by atoms with Crippen LogP contribution in [-0.4, -0.2) is 17.9 Å². The molecule has 0 saturated heterocycles. The molecule has 1 amide bonds. The molecule has 1 atom stereocenters. The predicted octanol–water partition coefficient (Wildman–Crippen LogP) is 2.59. The average molecular weight is 282 g/mol. The molecule has 0 aromatic heterocycles. The van der Waals surface area contributed by atoms with Gasteiger partial charge in [0.15, 0.2) is 5.96 Å². The standard InChI is InChI=1S/C14H20ClN3O/c1-8(2)17-14(16)18-13(19)10(4)12-9(3)6-5-7-11(12)15/h5-8,10H,1-4H3,(H3,16,17,18,19). The number of aliphatic imine (C=N–C) groups is 1. The molecule has 4 nitrogen and oxygen atoms in total. The van der Waals surface area contributed by atoms with Crippen LogP contribution in [0.3, 0.4) is 0 Å². The fourth-order valence-electron chi connectivity index (χ4n) is 1.87. The van der Waals surface area contributed by atoms with Crippen LogP contribution in [0.5, 0.6) is 0 Å². The lowest BCUT2D eigenvalue weighted by molar-refractivity contribution is -0.120. The highest BCUT2D eigenvalue weighted by atomic mass is 35.5. The number of guanidine groups is 1. The van der Waals surface area contributed by atoms with E-state index in [9.17, 15) is 4.79 Å². The predicted molar refractivity (Wildman–Crippen MR) is 79.5 cm³/mol. The van der Waals surface area contributed by atoms with E-state index in [1.165, 1.54) is 0 Å². The third-order valence-corrected chi connectivity index (χ3v) is 3.08. The minimum Gasteiger partial charge on any atom is -0.370 e. The summed E-state index contributed by atoms with van der Waals surface area (Å²) in [6.45, 7) is 7.50. The van der Waals surface area contributed by atoms with Gasteiger partial charge in [0.25, 0.3) is 0 Å². The summed E-state index contributed by atoms with van der Waals surface area (Å²) in [5.74, 6) is -0.454. The van der Waals surface area contributed by atoms with E-state index in [1.54, 1.807) is 13.0 Å². The van der Waals surface area contributed by atoms with Crippen LogP contribution in [0, 0.1) is 6.92 Å². The van der Waals surface area contributed by atoms with Crippen LogP contribution in [0.2, 0.25) is 5.02 Å². The average Bonchev–Trinajstić information content (AvgIpc) is 2.26. The van der Waals surface area contributed by atoms with Crippen molar-refractivity contribution in [3.05, 3.63) is 34.3 Å². The van der Waals surface area contributed by atoms with E-state index in [4.69, 9.17) is 17.3 Å². The first-order valence-electron chi connectivity index (χ1n) is 6.22. The third kappa shape index (κ3) is 4.24. The van der Waals surface area contributed by atoms with Crippen molar-refractivity contribution >= 4 is 23.5 Å². The molecule has 0 fully saturated rings. The zero-order valence-electron chi connectivity index (χ0n) is 11.7. The van der Waals surface area contributed by atoms with Crippen molar-refractivity contribution in [3.8, 4) is 0 Å². The number of nitrogens with two attached hydrogens (primary N) is 1. The Kier molecular flexibility index (Phi) is 5.36. The number of nitrogens with one attached hydrogen (secondary N) is 1. The molecule has 1 rings (SSSR count). The molecule has 3 N–H and O–H groups in total. The fraction of sp³-hybridized carbons (Fsp3) is 0.429. The van der Waals surface area contributed by atoms with Gasteiger partial charge in [-0.3, -0.25) is 15.1 Å². The second kappa shape index (κ2) is 6.57. The molecular weight excluding hydrogens is 262 g/mol. The van der Waals surface area contributed by atoms with E-state index in [1.807, 2.05) is 32.9 Å². The van der Waals surface area contributed by atoms with Crippen LogP contribution in [0.15, 0.2) is 23.2 Å². The number of rotatable bonds is 3. The molecule has 0 radical (unpaired) electrons. The quantitative estimate of drug-likeness (QED) is 0.660. The summed E-state index contributed by atoms with van der Waals surface area (Å²) in [4.78, 5) is 16.2. The van der Waals surface area contributed by atoms with Crippen LogP contribution in [0.25, 0.3) is 0 Å². The first-order chi connectivity index (χ1) is 8.82. The maximum Gasteiger partial charge on any atom is 0.233 e. The number of hydrogen-bond acceptors (Lipinski definition) is 2. The molecule has 1 unspecified atom stereocenters. The fourth-order valence-corrected chi connectivity index (χ4v) is 2.25. The van der Waals surface area contributed by atoms with Crippen molar-refractivity contribution in [2.24, 2.45) is 10.7 Å². The van der Waals surface area contributed by atoms with Gasteiger partial charge in [0.05, 0.1) is 5.92 Å². The van der Waals surface area contributed by atoms with Crippen molar-refractivity contribution in [1.29, 1.82) is 0 Å². The largest absolute Gasteiger partial charge is 0.370 e. The lowest BCUT2D eigenvalue weighted by atomic mass is 9.95. The van der Waals surface area contributed by atoms with E-state index in [-0.39, 0.29) is 23.8 Å². The summed E-state index contributed by atoms with van der Waals surface area (Å²) in [7, 11) is 0. The van der Waals surface area contributed by atoms with Gasteiger partial charge in [0.2, 0.25) is 5.91 Å². The van der Waals surface area contributed by atoms with Crippen LogP contribution < -0.4 is 11.1 Å². The second-order valence-corrected chi connectivity index (χ2v) is 5.20. The van der Waals surface area contributed by atoms with Gasteiger partial charge in [-0.05, 0) is 44.9 Å². The number of hydrogen-bond donors (Lipinski definition) is 2. The zero-order chi connectivity index (χ0) is 14.6. The smallest absolute Gasteiger partial charge is 0.233 e. The normalized spacial score (nSPS) is 13.5. The van der Waals surface area contributed by atoms with Crippen LogP contribution in [-0.2, 0) is 4.79 Å². The minimum atomic E-state index is -0.380. The van der Waals surface area contributed by atoms with Crippen molar-refractivity contribution in [2.75, 3.05) is 0 Å². The summed E-state index contributed by atoms with van der Waals surface area (Å²) < 4.78 is 0. The Hall–Kier alpha value is -1.55. The number of benzene rings is 1. The number of amides is 1. The number of aryl methyl sites for hydroxylation is 1. The van der Waals surface area contributed by atoms with Crippen molar-refractivity contribution in [3.63, 3.8) is 0 Å². The zero-order valence-corrected chi connectivity index (χ0v) is 12.5. The number of carbonyl (C=O) groups excluding carboxylic acids is 1. The van der Waals surface area contributed by atoms with Gasteiger partial charge in [-0.15, -0.1) is 0 Å². The molecule has 0 aliphatic rings. The maximum absolute atomic E-state index is 12.1. The lowest BCUT2D eigenvalue weighted by Gasteiger charge is -2.16. The molecule has 0 saturated carbocycles. The van der Waals surface area contributed by atoms with Crippen LogP contribution >= 0.6 is 11.6 Å². The van der Waals surface area contributed by atoms with E-state index in [2.05, 4.69) is 10.3 Å². The van der Waals surface area contributed by atoms with E-state index in [0.29, 0.717) is 5.02 Å². The van der Waals surface area contributed by atoms with Crippen molar-refractivity contribution < 1.29 is 4.79 Å². The van der Waals surface area contributed by atoms with Crippen molar-refractivity contribution in [2.45, 2.75) is 39.7 Å². The molecule has 0 aliphatic carbocycles. The molecule has 1 aromatic rings. The number of carbonyl (C=O) groups is 1.